The number of aliphatic hydroxyl groups is 1. The van der Waals surface area contributed by atoms with Crippen molar-refractivity contribution in [2.75, 3.05) is 38.8 Å². The van der Waals surface area contributed by atoms with E-state index in [1.807, 2.05) is 19.2 Å². The van der Waals surface area contributed by atoms with Gasteiger partial charge in [-0.05, 0) is 43.9 Å². The summed E-state index contributed by atoms with van der Waals surface area (Å²) in [5, 5.41) is 12.8. The topological polar surface area (TPSA) is 88.5 Å². The molecule has 2 aliphatic carbocycles. The van der Waals surface area contributed by atoms with E-state index >= 15 is 0 Å². The summed E-state index contributed by atoms with van der Waals surface area (Å²) in [6, 6.07) is 5.71. The summed E-state index contributed by atoms with van der Waals surface area (Å²) in [4.78, 5) is 29.8. The predicted molar refractivity (Wildman–Crippen MR) is 133 cm³/mol. The Kier molecular flexibility index (Phi) is 5.26. The average Bonchev–Trinajstić information content (AvgIpc) is 3.61. The molecule has 0 amide bonds. The number of esters is 2. The van der Waals surface area contributed by atoms with Crippen molar-refractivity contribution in [2.24, 2.45) is 11.3 Å². The molecule has 3 heterocycles. The molecule has 8 nitrogen and oxygen atoms in total. The molecule has 2 saturated carbocycles. The Labute approximate surface area is 212 Å². The third-order valence-corrected chi connectivity index (χ3v) is 9.57. The van der Waals surface area contributed by atoms with Gasteiger partial charge in [-0.2, -0.15) is 0 Å². The third kappa shape index (κ3) is 2.94. The third-order valence-electron chi connectivity index (χ3n) is 9.57. The molecule has 1 saturated heterocycles. The van der Waals surface area contributed by atoms with E-state index in [9.17, 15) is 14.7 Å². The molecule has 3 aliphatic heterocycles. The van der Waals surface area contributed by atoms with Crippen molar-refractivity contribution in [3.05, 3.63) is 35.9 Å². The number of nitrogens with zero attached hydrogens (tertiary/aromatic N) is 2. The molecule has 6 rings (SSSR count). The van der Waals surface area contributed by atoms with Crippen LogP contribution < -0.4 is 9.64 Å². The standard InChI is InChI=1S/C28H36N2O6/c1-5-26-11-6-13-30-14-12-27(23(26)30)20-10-9-19(34-4)15-21(20)29(3)24(27)28(33,25(26)36-17(2)31)16-35-22(32)18-7-8-18/h6,9-11,15,18,23-25,33H,5,7-8,12-14,16H2,1-4H3/t23-,24+,25+,26+,27+,28-/m0/s1. The molecular weight excluding hydrogens is 460 g/mol. The Morgan fingerprint density at radius 1 is 1.22 bits per heavy atom. The van der Waals surface area contributed by atoms with Gasteiger partial charge in [-0.1, -0.05) is 25.1 Å². The van der Waals surface area contributed by atoms with Crippen LogP contribution in [0, 0.1) is 11.3 Å². The van der Waals surface area contributed by atoms with Crippen LogP contribution in [-0.2, 0) is 24.5 Å². The summed E-state index contributed by atoms with van der Waals surface area (Å²) < 4.78 is 17.5. The lowest BCUT2D eigenvalue weighted by Crippen LogP contribution is -2.80. The average molecular weight is 497 g/mol. The summed E-state index contributed by atoms with van der Waals surface area (Å²) in [5.41, 5.74) is -0.531. The van der Waals surface area contributed by atoms with Crippen LogP contribution in [0.2, 0.25) is 0 Å². The highest BCUT2D eigenvalue weighted by molar-refractivity contribution is 5.75. The van der Waals surface area contributed by atoms with Gasteiger partial charge in [0, 0.05) is 49.1 Å². The maximum absolute atomic E-state index is 12.8. The fourth-order valence-corrected chi connectivity index (χ4v) is 8.23. The van der Waals surface area contributed by atoms with Gasteiger partial charge in [0.05, 0.1) is 19.1 Å². The van der Waals surface area contributed by atoms with Crippen LogP contribution in [0.15, 0.2) is 30.4 Å². The molecule has 8 heteroatoms. The van der Waals surface area contributed by atoms with E-state index in [1.165, 1.54) is 12.5 Å². The monoisotopic (exact) mass is 496 g/mol. The summed E-state index contributed by atoms with van der Waals surface area (Å²) >= 11 is 0. The maximum atomic E-state index is 12.8. The molecule has 1 aromatic carbocycles. The second-order valence-corrected chi connectivity index (χ2v) is 11.3. The SMILES string of the molecule is CC[C@]12C=CCN3CC[C@@]4(c5ccc(OC)cc5N(C)[C@H]4[C@@](O)(COC(=O)C4CC4)[C@@H]1OC(C)=O)[C@@H]32. The summed E-state index contributed by atoms with van der Waals surface area (Å²) in [5.74, 6) is -0.0732. The van der Waals surface area contributed by atoms with E-state index in [1.54, 1.807) is 7.11 Å². The molecule has 36 heavy (non-hydrogen) atoms. The van der Waals surface area contributed by atoms with Gasteiger partial charge in [0.15, 0.2) is 5.60 Å². The van der Waals surface area contributed by atoms with Gasteiger partial charge in [0.25, 0.3) is 0 Å². The number of likely N-dealkylation sites (N-methyl/N-ethyl adjacent to an activating group) is 1. The summed E-state index contributed by atoms with van der Waals surface area (Å²) in [7, 11) is 3.63. The highest BCUT2D eigenvalue weighted by Crippen LogP contribution is 2.67. The number of hydrogen-bond donors (Lipinski definition) is 1. The highest BCUT2D eigenvalue weighted by Gasteiger charge is 2.78. The van der Waals surface area contributed by atoms with E-state index in [-0.39, 0.29) is 24.5 Å². The van der Waals surface area contributed by atoms with Crippen molar-refractivity contribution >= 4 is 17.6 Å². The minimum Gasteiger partial charge on any atom is -0.497 e. The number of anilines is 1. The molecule has 1 aromatic rings. The number of methoxy groups -OCH3 is 1. The molecule has 0 bridgehead atoms. The van der Waals surface area contributed by atoms with Crippen LogP contribution in [0.5, 0.6) is 5.75 Å². The number of ether oxygens (including phenoxy) is 3. The molecule has 0 unspecified atom stereocenters. The molecular formula is C28H36N2O6. The van der Waals surface area contributed by atoms with Crippen LogP contribution in [-0.4, -0.2) is 79.6 Å². The van der Waals surface area contributed by atoms with Crippen molar-refractivity contribution in [3.63, 3.8) is 0 Å². The Bertz CT molecular complexity index is 1130. The summed E-state index contributed by atoms with van der Waals surface area (Å²) in [6.07, 6.45) is 6.59. The van der Waals surface area contributed by atoms with E-state index in [4.69, 9.17) is 14.2 Å². The smallest absolute Gasteiger partial charge is 0.309 e. The minimum atomic E-state index is -1.62. The lowest BCUT2D eigenvalue weighted by atomic mass is 9.48. The first-order valence-corrected chi connectivity index (χ1v) is 13.1. The number of rotatable bonds is 6. The number of carbonyl (C=O) groups excluding carboxylic acids is 2. The van der Waals surface area contributed by atoms with Crippen LogP contribution >= 0.6 is 0 Å². The zero-order valence-corrected chi connectivity index (χ0v) is 21.5. The molecule has 5 aliphatic rings. The van der Waals surface area contributed by atoms with Crippen molar-refractivity contribution < 1.29 is 28.9 Å². The number of fused-ring (bicyclic) bond motifs is 1. The van der Waals surface area contributed by atoms with E-state index < -0.39 is 34.5 Å². The second-order valence-electron chi connectivity index (χ2n) is 11.3. The molecule has 1 N–H and O–H groups in total. The summed E-state index contributed by atoms with van der Waals surface area (Å²) in [6.45, 7) is 4.96. The Morgan fingerprint density at radius 3 is 2.67 bits per heavy atom. The van der Waals surface area contributed by atoms with Crippen LogP contribution in [0.4, 0.5) is 5.69 Å². The first-order valence-electron chi connectivity index (χ1n) is 13.1. The van der Waals surface area contributed by atoms with Gasteiger partial charge in [0.2, 0.25) is 0 Å². The van der Waals surface area contributed by atoms with Crippen LogP contribution in [0.1, 0.15) is 45.1 Å². The second kappa shape index (κ2) is 7.96. The van der Waals surface area contributed by atoms with E-state index in [0.29, 0.717) is 6.42 Å². The van der Waals surface area contributed by atoms with Gasteiger partial charge in [0.1, 0.15) is 18.5 Å². The van der Waals surface area contributed by atoms with Gasteiger partial charge >= 0.3 is 11.9 Å². The predicted octanol–water partition coefficient (Wildman–Crippen LogP) is 2.42. The molecule has 0 aromatic heterocycles. The Morgan fingerprint density at radius 2 is 2.00 bits per heavy atom. The largest absolute Gasteiger partial charge is 0.497 e. The molecule has 194 valence electrons. The fraction of sp³-hybridized carbons (Fsp3) is 0.643. The Hall–Kier alpha value is -2.58. The first kappa shape index (κ1) is 23.8. The van der Waals surface area contributed by atoms with Gasteiger partial charge in [-0.15, -0.1) is 0 Å². The lowest BCUT2D eigenvalue weighted by molar-refractivity contribution is -0.232. The minimum absolute atomic E-state index is 0.0193. The van der Waals surface area contributed by atoms with Gasteiger partial charge in [-0.3, -0.25) is 14.5 Å². The normalized spacial score (nSPS) is 38.2. The van der Waals surface area contributed by atoms with Gasteiger partial charge < -0.3 is 24.2 Å². The van der Waals surface area contributed by atoms with E-state index in [0.717, 1.165) is 43.8 Å². The lowest BCUT2D eigenvalue weighted by Gasteiger charge is -2.64. The molecule has 6 atom stereocenters. The van der Waals surface area contributed by atoms with Crippen molar-refractivity contribution in [3.8, 4) is 5.75 Å². The molecule has 1 spiro atoms. The van der Waals surface area contributed by atoms with Crippen LogP contribution in [0.25, 0.3) is 0 Å². The number of benzene rings is 1. The maximum Gasteiger partial charge on any atom is 0.309 e. The van der Waals surface area contributed by atoms with E-state index in [2.05, 4.69) is 34.9 Å². The van der Waals surface area contributed by atoms with Crippen LogP contribution in [0.3, 0.4) is 0 Å². The zero-order chi connectivity index (χ0) is 25.5. The quantitative estimate of drug-likeness (QED) is 0.475. The highest BCUT2D eigenvalue weighted by atomic mass is 16.6. The number of hydrogen-bond acceptors (Lipinski definition) is 8. The van der Waals surface area contributed by atoms with Crippen molar-refractivity contribution in [1.82, 2.24) is 4.90 Å². The van der Waals surface area contributed by atoms with Crippen molar-refractivity contribution in [2.45, 2.75) is 68.7 Å². The van der Waals surface area contributed by atoms with Gasteiger partial charge in [-0.25, -0.2) is 0 Å². The van der Waals surface area contributed by atoms with Crippen molar-refractivity contribution in [1.29, 1.82) is 0 Å². The fourth-order valence-electron chi connectivity index (χ4n) is 8.23. The Balaban J connectivity index is 1.58. The molecule has 3 fully saturated rings. The molecule has 0 radical (unpaired) electrons. The zero-order valence-electron chi connectivity index (χ0n) is 21.5. The number of carbonyl (C=O) groups is 2. The first-order chi connectivity index (χ1) is 17.2.